The highest BCUT2D eigenvalue weighted by Gasteiger charge is 2.27. The predicted octanol–water partition coefficient (Wildman–Crippen LogP) is 3.46. The number of hydrogen-bond donors (Lipinski definition) is 2. The van der Waals surface area contributed by atoms with Crippen LogP contribution in [-0.2, 0) is 12.8 Å². The molecule has 134 valence electrons. The molecule has 0 aromatic heterocycles. The van der Waals surface area contributed by atoms with Crippen LogP contribution in [0.2, 0.25) is 0 Å². The summed E-state index contributed by atoms with van der Waals surface area (Å²) < 4.78 is 0. The van der Waals surface area contributed by atoms with E-state index in [0.717, 1.165) is 50.4 Å². The Balaban J connectivity index is 1.71. The summed E-state index contributed by atoms with van der Waals surface area (Å²) in [5.74, 6) is -0.0269. The molecule has 0 aliphatic carbocycles. The van der Waals surface area contributed by atoms with Crippen LogP contribution in [0.25, 0.3) is 0 Å². The molecule has 7 nitrogen and oxygen atoms in total. The number of rotatable bonds is 3. The van der Waals surface area contributed by atoms with Crippen molar-refractivity contribution < 1.29 is 15.1 Å². The van der Waals surface area contributed by atoms with Crippen molar-refractivity contribution in [3.05, 3.63) is 51.1 Å². The Bertz CT molecular complexity index is 921. The second kappa shape index (κ2) is 6.33. The Kier molecular flexibility index (Phi) is 3.99. The van der Waals surface area contributed by atoms with Crippen molar-refractivity contribution in [3.63, 3.8) is 0 Å². The lowest BCUT2D eigenvalue weighted by Gasteiger charge is -2.37. The van der Waals surface area contributed by atoms with Crippen molar-refractivity contribution in [3.8, 4) is 11.5 Å². The average Bonchev–Trinajstić information content (AvgIpc) is 2.64. The fourth-order valence-corrected chi connectivity index (χ4v) is 3.84. The minimum Gasteiger partial charge on any atom is -0.507 e. The summed E-state index contributed by atoms with van der Waals surface area (Å²) in [4.78, 5) is 16.8. The van der Waals surface area contributed by atoms with Gasteiger partial charge in [-0.25, -0.2) is 0 Å². The van der Waals surface area contributed by atoms with E-state index < -0.39 is 4.92 Å². The number of non-ortho nitro benzene ring substituents is 1. The molecule has 26 heavy (non-hydrogen) atoms. The molecule has 7 heteroatoms. The van der Waals surface area contributed by atoms with Crippen LogP contribution in [0.3, 0.4) is 0 Å². The maximum atomic E-state index is 10.7. The third kappa shape index (κ3) is 2.75. The van der Waals surface area contributed by atoms with Crippen LogP contribution in [0.15, 0.2) is 29.3 Å². The Labute approximate surface area is 150 Å². The molecule has 0 unspecified atom stereocenters. The zero-order chi connectivity index (χ0) is 18.3. The number of aryl methyl sites for hydroxylation is 1. The highest BCUT2D eigenvalue weighted by atomic mass is 16.6. The number of aliphatic imine (C=N–C) groups is 1. The van der Waals surface area contributed by atoms with Crippen molar-refractivity contribution in [2.24, 2.45) is 4.99 Å². The monoisotopic (exact) mass is 353 g/mol. The van der Waals surface area contributed by atoms with Crippen molar-refractivity contribution in [1.29, 1.82) is 0 Å². The van der Waals surface area contributed by atoms with Gasteiger partial charge in [0.15, 0.2) is 0 Å². The number of phenols is 2. The van der Waals surface area contributed by atoms with Gasteiger partial charge in [-0.15, -0.1) is 0 Å². The highest BCUT2D eigenvalue weighted by molar-refractivity contribution is 5.89. The third-order valence-corrected chi connectivity index (χ3v) is 5.04. The molecule has 0 bridgehead atoms. The van der Waals surface area contributed by atoms with Gasteiger partial charge in [0.1, 0.15) is 17.2 Å². The Morgan fingerprint density at radius 1 is 1.15 bits per heavy atom. The normalized spacial score (nSPS) is 15.9. The first-order valence-corrected chi connectivity index (χ1v) is 8.69. The van der Waals surface area contributed by atoms with Gasteiger partial charge in [-0.2, -0.15) is 0 Å². The number of anilines is 1. The SMILES string of the molecule is O=[N+]([O-])c1ccc(N=Cc2cc3c4c(c2O)CCCN4CCC3)c(O)c1. The van der Waals surface area contributed by atoms with Gasteiger partial charge in [-0.1, -0.05) is 0 Å². The molecule has 2 N–H and O–H groups in total. The summed E-state index contributed by atoms with van der Waals surface area (Å²) in [5, 5.41) is 31.4. The van der Waals surface area contributed by atoms with E-state index in [1.54, 1.807) is 0 Å². The van der Waals surface area contributed by atoms with Crippen molar-refractivity contribution in [2.45, 2.75) is 25.7 Å². The van der Waals surface area contributed by atoms with Crippen LogP contribution in [0.4, 0.5) is 17.1 Å². The first-order chi connectivity index (χ1) is 12.5. The number of nitro groups is 1. The Hall–Kier alpha value is -3.09. The summed E-state index contributed by atoms with van der Waals surface area (Å²) in [6.07, 6.45) is 5.44. The summed E-state index contributed by atoms with van der Waals surface area (Å²) >= 11 is 0. The third-order valence-electron chi connectivity index (χ3n) is 5.04. The number of phenolic OH excluding ortho intramolecular Hbond substituents is 2. The highest BCUT2D eigenvalue weighted by Crippen LogP contribution is 2.41. The van der Waals surface area contributed by atoms with Crippen LogP contribution in [0.1, 0.15) is 29.5 Å². The zero-order valence-electron chi connectivity index (χ0n) is 14.2. The van der Waals surface area contributed by atoms with E-state index in [2.05, 4.69) is 9.89 Å². The molecule has 0 spiro atoms. The average molecular weight is 353 g/mol. The molecule has 2 aromatic rings. The molecular formula is C19H19N3O4. The molecule has 0 atom stereocenters. The molecule has 0 radical (unpaired) electrons. The van der Waals surface area contributed by atoms with E-state index in [4.69, 9.17) is 0 Å². The van der Waals surface area contributed by atoms with Gasteiger partial charge in [-0.05, 0) is 43.4 Å². The quantitative estimate of drug-likeness (QED) is 0.500. The summed E-state index contributed by atoms with van der Waals surface area (Å²) in [6.45, 7) is 2.06. The van der Waals surface area contributed by atoms with Crippen LogP contribution >= 0.6 is 0 Å². The summed E-state index contributed by atoms with van der Waals surface area (Å²) in [6, 6.07) is 5.71. The summed E-state index contributed by atoms with van der Waals surface area (Å²) in [5.41, 5.74) is 4.02. The van der Waals surface area contributed by atoms with E-state index in [-0.39, 0.29) is 22.9 Å². The first kappa shape index (κ1) is 16.4. The minimum atomic E-state index is -0.570. The van der Waals surface area contributed by atoms with Gasteiger partial charge >= 0.3 is 0 Å². The fourth-order valence-electron chi connectivity index (χ4n) is 3.84. The minimum absolute atomic E-state index is 0.192. The number of nitro benzene ring substituents is 1. The number of benzene rings is 2. The van der Waals surface area contributed by atoms with Crippen LogP contribution in [0.5, 0.6) is 11.5 Å². The zero-order valence-corrected chi connectivity index (χ0v) is 14.2. The first-order valence-electron chi connectivity index (χ1n) is 8.69. The van der Waals surface area contributed by atoms with Gasteiger partial charge < -0.3 is 15.1 Å². The molecule has 0 fully saturated rings. The molecule has 0 saturated carbocycles. The summed E-state index contributed by atoms with van der Waals surface area (Å²) in [7, 11) is 0. The van der Waals surface area contributed by atoms with Crippen LogP contribution < -0.4 is 4.90 Å². The smallest absolute Gasteiger partial charge is 0.273 e. The van der Waals surface area contributed by atoms with E-state index in [1.807, 2.05) is 6.07 Å². The largest absolute Gasteiger partial charge is 0.507 e. The van der Waals surface area contributed by atoms with Crippen molar-refractivity contribution >= 4 is 23.3 Å². The van der Waals surface area contributed by atoms with Gasteiger partial charge in [0, 0.05) is 42.2 Å². The van der Waals surface area contributed by atoms with E-state index in [0.29, 0.717) is 5.56 Å². The second-order valence-corrected chi connectivity index (χ2v) is 6.68. The van der Waals surface area contributed by atoms with Crippen LogP contribution in [0, 0.1) is 10.1 Å². The van der Waals surface area contributed by atoms with E-state index in [1.165, 1.54) is 29.6 Å². The maximum absolute atomic E-state index is 10.7. The molecule has 2 heterocycles. The molecule has 2 aromatic carbocycles. The topological polar surface area (TPSA) is 99.2 Å². The fraction of sp³-hybridized carbons (Fsp3) is 0.316. The second-order valence-electron chi connectivity index (χ2n) is 6.68. The van der Waals surface area contributed by atoms with Crippen LogP contribution in [-0.4, -0.2) is 34.4 Å². The molecule has 4 rings (SSSR count). The van der Waals surface area contributed by atoms with Crippen molar-refractivity contribution in [2.75, 3.05) is 18.0 Å². The number of nitrogens with zero attached hydrogens (tertiary/aromatic N) is 3. The number of hydrogen-bond acceptors (Lipinski definition) is 6. The van der Waals surface area contributed by atoms with Gasteiger partial charge in [0.2, 0.25) is 0 Å². The predicted molar refractivity (Wildman–Crippen MR) is 99.0 cm³/mol. The molecule has 0 amide bonds. The Morgan fingerprint density at radius 2 is 1.92 bits per heavy atom. The molecule has 2 aliphatic heterocycles. The Morgan fingerprint density at radius 3 is 2.65 bits per heavy atom. The lowest BCUT2D eigenvalue weighted by Crippen LogP contribution is -2.34. The lowest BCUT2D eigenvalue weighted by molar-refractivity contribution is -0.384. The lowest BCUT2D eigenvalue weighted by atomic mass is 9.89. The van der Waals surface area contributed by atoms with E-state index in [9.17, 15) is 20.3 Å². The molecule has 0 saturated heterocycles. The van der Waals surface area contributed by atoms with Crippen molar-refractivity contribution in [1.82, 2.24) is 0 Å². The molecule has 2 aliphatic rings. The van der Waals surface area contributed by atoms with Gasteiger partial charge in [0.05, 0.1) is 11.0 Å². The standard InChI is InChI=1S/C19H19N3O4/c23-17-10-14(22(25)26)5-6-16(17)20-11-13-9-12-3-1-7-21-8-2-4-15(18(12)21)19(13)24/h5-6,9-11,23-24H,1-4,7-8H2. The van der Waals surface area contributed by atoms with Gasteiger partial charge in [0.25, 0.3) is 5.69 Å². The molecular weight excluding hydrogens is 334 g/mol. The number of aromatic hydroxyl groups is 2. The maximum Gasteiger partial charge on any atom is 0.273 e. The van der Waals surface area contributed by atoms with E-state index >= 15 is 0 Å². The van der Waals surface area contributed by atoms with Gasteiger partial charge in [-0.3, -0.25) is 15.1 Å².